The zero-order chi connectivity index (χ0) is 21.0. The molecule has 1 saturated heterocycles. The minimum Gasteiger partial charge on any atom is -0.480 e. The van der Waals surface area contributed by atoms with Crippen LogP contribution in [-0.2, 0) is 4.74 Å². The second kappa shape index (κ2) is 9.07. The zero-order valence-electron chi connectivity index (χ0n) is 14.7. The van der Waals surface area contributed by atoms with Gasteiger partial charge in [0.15, 0.2) is 6.23 Å². The molecule has 0 radical (unpaired) electrons. The van der Waals surface area contributed by atoms with Crippen LogP contribution in [0.2, 0.25) is 0 Å². The normalized spacial score (nSPS) is 27.0. The van der Waals surface area contributed by atoms with E-state index < -0.39 is 49.1 Å². The van der Waals surface area contributed by atoms with Crippen molar-refractivity contribution in [3.63, 3.8) is 0 Å². The standard InChI is InChI=1S/C14H22N6O8/c1-27-13-7(12(26)20-16)4(11(25)19-15)2-6(17-13)18-14-10(24)9(23)8(22)5(3-21)28-14/h2,5,8-10,14,21-24H,3,15-16H2,1H3,(H,17,18)(H,19,25)(H,20,26)/t5-,8-,9+,10-,14-/m1/s1. The summed E-state index contributed by atoms with van der Waals surface area (Å²) in [6.45, 7) is -0.629. The van der Waals surface area contributed by atoms with E-state index in [1.54, 1.807) is 0 Å². The fourth-order valence-electron chi connectivity index (χ4n) is 2.66. The number of aliphatic hydroxyl groups excluding tert-OH is 4. The van der Waals surface area contributed by atoms with Gasteiger partial charge in [-0.1, -0.05) is 0 Å². The van der Waals surface area contributed by atoms with Gasteiger partial charge in [-0.15, -0.1) is 0 Å². The molecule has 5 atom stereocenters. The van der Waals surface area contributed by atoms with E-state index in [4.69, 9.17) is 21.2 Å². The van der Waals surface area contributed by atoms with Gasteiger partial charge < -0.3 is 35.2 Å². The Labute approximate surface area is 158 Å². The lowest BCUT2D eigenvalue weighted by Gasteiger charge is -2.40. The Kier molecular flexibility index (Phi) is 7.03. The molecule has 1 aliphatic rings. The predicted octanol–water partition coefficient (Wildman–Crippen LogP) is -4.49. The smallest absolute Gasteiger partial charge is 0.271 e. The Hall–Kier alpha value is -2.59. The molecule has 2 heterocycles. The van der Waals surface area contributed by atoms with E-state index in [1.807, 2.05) is 10.9 Å². The largest absolute Gasteiger partial charge is 0.480 e. The van der Waals surface area contributed by atoms with E-state index in [9.17, 15) is 30.0 Å². The number of nitrogens with two attached hydrogens (primary N) is 2. The van der Waals surface area contributed by atoms with Crippen molar-refractivity contribution in [3.8, 4) is 5.88 Å². The SMILES string of the molecule is COc1nc(N[C@@H]2O[C@H](CO)[C@@H](O)[C@H](O)[C@H]2O)cc(C(=O)NN)c1C(=O)NN. The first-order valence-corrected chi connectivity index (χ1v) is 7.97. The number of hydrazine groups is 2. The molecule has 1 fully saturated rings. The van der Waals surface area contributed by atoms with Crippen molar-refractivity contribution in [2.45, 2.75) is 30.6 Å². The van der Waals surface area contributed by atoms with Gasteiger partial charge in [-0.25, -0.2) is 11.7 Å². The number of nitrogen functional groups attached to an aromatic ring is 2. The first-order valence-electron chi connectivity index (χ1n) is 7.97. The topological polar surface area (TPSA) is 235 Å². The van der Waals surface area contributed by atoms with Gasteiger partial charge in [0.25, 0.3) is 11.8 Å². The van der Waals surface area contributed by atoms with E-state index in [0.29, 0.717) is 0 Å². The number of hydrogen-bond acceptors (Lipinski definition) is 12. The third kappa shape index (κ3) is 4.12. The second-order valence-electron chi connectivity index (χ2n) is 5.78. The second-order valence-corrected chi connectivity index (χ2v) is 5.78. The average Bonchev–Trinajstić information content (AvgIpc) is 2.72. The first-order chi connectivity index (χ1) is 13.3. The number of anilines is 1. The Balaban J connectivity index is 2.43. The number of aliphatic hydroxyl groups is 4. The predicted molar refractivity (Wildman–Crippen MR) is 91.5 cm³/mol. The number of ether oxygens (including phenoxy) is 2. The van der Waals surface area contributed by atoms with E-state index in [-0.39, 0.29) is 22.8 Å². The van der Waals surface area contributed by atoms with Crippen LogP contribution in [0.4, 0.5) is 5.82 Å². The fraction of sp³-hybridized carbons (Fsp3) is 0.500. The van der Waals surface area contributed by atoms with Crippen LogP contribution in [0.5, 0.6) is 5.88 Å². The number of amides is 2. The van der Waals surface area contributed by atoms with E-state index in [0.717, 1.165) is 6.07 Å². The van der Waals surface area contributed by atoms with Crippen LogP contribution < -0.4 is 32.6 Å². The molecular formula is C14H22N6O8. The van der Waals surface area contributed by atoms with Crippen molar-refractivity contribution in [3.05, 3.63) is 17.2 Å². The minimum absolute atomic E-state index is 0.103. The van der Waals surface area contributed by atoms with Crippen molar-refractivity contribution in [1.82, 2.24) is 15.8 Å². The molecule has 1 aromatic heterocycles. The highest BCUT2D eigenvalue weighted by atomic mass is 16.6. The number of carbonyl (C=O) groups is 2. The summed E-state index contributed by atoms with van der Waals surface area (Å²) in [5, 5.41) is 41.6. The maximum Gasteiger partial charge on any atom is 0.271 e. The maximum atomic E-state index is 12.1. The highest BCUT2D eigenvalue weighted by Gasteiger charge is 2.43. The summed E-state index contributed by atoms with van der Waals surface area (Å²) in [7, 11) is 1.19. The third-order valence-electron chi connectivity index (χ3n) is 4.10. The van der Waals surface area contributed by atoms with Crippen LogP contribution in [0.15, 0.2) is 6.07 Å². The van der Waals surface area contributed by atoms with Crippen molar-refractivity contribution >= 4 is 17.6 Å². The summed E-state index contributed by atoms with van der Waals surface area (Å²) in [6, 6.07) is 1.11. The van der Waals surface area contributed by atoms with Gasteiger partial charge in [-0.3, -0.25) is 20.4 Å². The molecule has 28 heavy (non-hydrogen) atoms. The van der Waals surface area contributed by atoms with Crippen LogP contribution in [0.3, 0.4) is 0 Å². The summed E-state index contributed by atoms with van der Waals surface area (Å²) >= 11 is 0. The van der Waals surface area contributed by atoms with E-state index in [1.165, 1.54) is 7.11 Å². The van der Waals surface area contributed by atoms with Crippen LogP contribution in [0.25, 0.3) is 0 Å². The van der Waals surface area contributed by atoms with Crippen LogP contribution in [0.1, 0.15) is 20.7 Å². The molecule has 0 saturated carbocycles. The van der Waals surface area contributed by atoms with Gasteiger partial charge in [-0.2, -0.15) is 4.98 Å². The number of pyridine rings is 1. The molecule has 14 nitrogen and oxygen atoms in total. The summed E-state index contributed by atoms with van der Waals surface area (Å²) in [6.07, 6.45) is -7.26. The first kappa shape index (κ1) is 21.7. The van der Waals surface area contributed by atoms with Crippen molar-refractivity contribution in [2.24, 2.45) is 11.7 Å². The lowest BCUT2D eigenvalue weighted by atomic mass is 9.98. The van der Waals surface area contributed by atoms with Gasteiger partial charge in [0.05, 0.1) is 19.3 Å². The Morgan fingerprint density at radius 2 is 1.82 bits per heavy atom. The molecule has 2 amide bonds. The summed E-state index contributed by atoms with van der Waals surface area (Å²) in [5.74, 6) is 8.11. The molecule has 14 heteroatoms. The zero-order valence-corrected chi connectivity index (χ0v) is 14.7. The van der Waals surface area contributed by atoms with Gasteiger partial charge in [-0.05, 0) is 6.07 Å². The number of hydrogen-bond donors (Lipinski definition) is 9. The van der Waals surface area contributed by atoms with Crippen LogP contribution in [0, 0.1) is 0 Å². The number of methoxy groups -OCH3 is 1. The molecule has 0 spiro atoms. The van der Waals surface area contributed by atoms with Crippen molar-refractivity contribution < 1.29 is 39.5 Å². The third-order valence-corrected chi connectivity index (χ3v) is 4.10. The maximum absolute atomic E-state index is 12.1. The number of rotatable bonds is 6. The molecule has 11 N–H and O–H groups in total. The molecule has 0 aromatic carbocycles. The average molecular weight is 402 g/mol. The number of nitrogens with zero attached hydrogens (tertiary/aromatic N) is 1. The monoisotopic (exact) mass is 402 g/mol. The van der Waals surface area contributed by atoms with Gasteiger partial charge in [0.2, 0.25) is 5.88 Å². The highest BCUT2D eigenvalue weighted by Crippen LogP contribution is 2.27. The fourth-order valence-corrected chi connectivity index (χ4v) is 2.66. The summed E-state index contributed by atoms with van der Waals surface area (Å²) < 4.78 is 10.3. The summed E-state index contributed by atoms with van der Waals surface area (Å²) in [4.78, 5) is 28.1. The molecule has 2 rings (SSSR count). The van der Waals surface area contributed by atoms with Crippen LogP contribution in [-0.4, -0.2) is 81.6 Å². The van der Waals surface area contributed by atoms with E-state index in [2.05, 4.69) is 10.3 Å². The Morgan fingerprint density at radius 1 is 1.18 bits per heavy atom. The van der Waals surface area contributed by atoms with Gasteiger partial charge in [0, 0.05) is 0 Å². The molecule has 1 aromatic rings. The van der Waals surface area contributed by atoms with Gasteiger partial charge in [0.1, 0.15) is 35.8 Å². The molecule has 1 aliphatic heterocycles. The van der Waals surface area contributed by atoms with Gasteiger partial charge >= 0.3 is 0 Å². The molecular weight excluding hydrogens is 380 g/mol. The van der Waals surface area contributed by atoms with Crippen LogP contribution >= 0.6 is 0 Å². The van der Waals surface area contributed by atoms with Crippen molar-refractivity contribution in [2.75, 3.05) is 19.0 Å². The van der Waals surface area contributed by atoms with E-state index >= 15 is 0 Å². The minimum atomic E-state index is -1.63. The molecule has 0 aliphatic carbocycles. The number of nitrogens with one attached hydrogen (secondary N) is 3. The Morgan fingerprint density at radius 3 is 2.36 bits per heavy atom. The number of aromatic nitrogens is 1. The molecule has 0 unspecified atom stereocenters. The summed E-state index contributed by atoms with van der Waals surface area (Å²) in [5.41, 5.74) is 3.16. The number of carbonyl (C=O) groups excluding carboxylic acids is 2. The quantitative estimate of drug-likeness (QED) is 0.124. The molecule has 0 bridgehead atoms. The lowest BCUT2D eigenvalue weighted by molar-refractivity contribution is -0.221. The lowest BCUT2D eigenvalue weighted by Crippen LogP contribution is -2.60. The Bertz CT molecular complexity index is 732. The van der Waals surface area contributed by atoms with Crippen molar-refractivity contribution in [1.29, 1.82) is 0 Å². The molecule has 156 valence electrons. The highest BCUT2D eigenvalue weighted by molar-refractivity contribution is 6.08.